The number of guanidine groups is 1. The van der Waals surface area contributed by atoms with Gasteiger partial charge in [0.15, 0.2) is 5.96 Å². The highest BCUT2D eigenvalue weighted by molar-refractivity contribution is 7.99. The van der Waals surface area contributed by atoms with Crippen molar-refractivity contribution in [3.8, 4) is 0 Å². The lowest BCUT2D eigenvalue weighted by molar-refractivity contribution is -0.137. The smallest absolute Gasteiger partial charge is 0.355 e. The molecule has 0 bridgehead atoms. The van der Waals surface area contributed by atoms with Gasteiger partial charge >= 0.3 is 6.18 Å². The van der Waals surface area contributed by atoms with Gasteiger partial charge in [-0.15, -0.1) is 0 Å². The Morgan fingerprint density at radius 1 is 1.14 bits per heavy atom. The van der Waals surface area contributed by atoms with E-state index in [1.165, 1.54) is 12.1 Å². The maximum atomic E-state index is 12.5. The van der Waals surface area contributed by atoms with Gasteiger partial charge in [0, 0.05) is 24.9 Å². The number of hydrogen-bond acceptors (Lipinski definition) is 2. The van der Waals surface area contributed by atoms with Gasteiger partial charge < -0.3 is 10.6 Å². The van der Waals surface area contributed by atoms with Crippen LogP contribution in [0.3, 0.4) is 0 Å². The zero-order valence-corrected chi connectivity index (χ0v) is 14.0. The number of rotatable bonds is 5. The molecule has 0 aliphatic heterocycles. The van der Waals surface area contributed by atoms with Gasteiger partial charge in [0.25, 0.3) is 0 Å². The van der Waals surface area contributed by atoms with E-state index in [1.54, 1.807) is 18.8 Å². The summed E-state index contributed by atoms with van der Waals surface area (Å²) in [5.74, 6) is 0.627. The molecule has 0 saturated carbocycles. The summed E-state index contributed by atoms with van der Waals surface area (Å²) in [6, 6.07) is 5.11. The number of nitrogens with one attached hydrogen (secondary N) is 2. The largest absolute Gasteiger partial charge is 0.416 e. The first-order valence-corrected chi connectivity index (χ1v) is 8.06. The Morgan fingerprint density at radius 2 is 1.73 bits per heavy atom. The number of thioether (sulfide) groups is 1. The minimum atomic E-state index is -4.30. The molecule has 0 spiro atoms. The van der Waals surface area contributed by atoms with Crippen LogP contribution in [0, 0.1) is 0 Å². The van der Waals surface area contributed by atoms with Crippen molar-refractivity contribution in [2.45, 2.75) is 31.3 Å². The summed E-state index contributed by atoms with van der Waals surface area (Å²) in [7, 11) is 1.66. The van der Waals surface area contributed by atoms with Gasteiger partial charge in [0.05, 0.1) is 5.56 Å². The first-order valence-electron chi connectivity index (χ1n) is 6.84. The molecule has 0 aromatic heterocycles. The second kappa shape index (κ2) is 7.76. The van der Waals surface area contributed by atoms with E-state index >= 15 is 0 Å². The molecule has 0 aliphatic rings. The molecule has 0 atom stereocenters. The number of nitrogens with zero attached hydrogens (tertiary/aromatic N) is 1. The van der Waals surface area contributed by atoms with Crippen molar-refractivity contribution in [2.75, 3.05) is 19.8 Å². The molecule has 0 unspecified atom stereocenters. The van der Waals surface area contributed by atoms with E-state index < -0.39 is 11.7 Å². The van der Waals surface area contributed by atoms with Crippen LogP contribution >= 0.6 is 11.8 Å². The van der Waals surface area contributed by atoms with Crippen molar-refractivity contribution in [3.05, 3.63) is 35.4 Å². The monoisotopic (exact) mass is 333 g/mol. The van der Waals surface area contributed by atoms with Crippen LogP contribution in [0.2, 0.25) is 0 Å². The summed E-state index contributed by atoms with van der Waals surface area (Å²) in [5.41, 5.74) is 0.126. The highest BCUT2D eigenvalue weighted by Gasteiger charge is 2.29. The average Bonchev–Trinajstić information content (AvgIpc) is 2.47. The Bertz CT molecular complexity index is 496. The molecule has 0 radical (unpaired) electrons. The molecule has 0 amide bonds. The summed E-state index contributed by atoms with van der Waals surface area (Å²) >= 11 is 1.75. The lowest BCUT2D eigenvalue weighted by atomic mass is 10.1. The molecule has 1 aromatic carbocycles. The third kappa shape index (κ3) is 6.17. The topological polar surface area (TPSA) is 36.4 Å². The van der Waals surface area contributed by atoms with Crippen molar-refractivity contribution in [2.24, 2.45) is 4.99 Å². The molecule has 0 heterocycles. The summed E-state index contributed by atoms with van der Waals surface area (Å²) in [4.78, 5) is 4.10. The van der Waals surface area contributed by atoms with Gasteiger partial charge in [-0.3, -0.25) is 4.99 Å². The second-order valence-electron chi connectivity index (χ2n) is 5.44. The van der Waals surface area contributed by atoms with E-state index in [0.717, 1.165) is 24.2 Å². The number of benzene rings is 1. The van der Waals surface area contributed by atoms with E-state index in [-0.39, 0.29) is 4.75 Å². The molecular formula is C15H22F3N3S. The van der Waals surface area contributed by atoms with E-state index in [0.29, 0.717) is 12.5 Å². The van der Waals surface area contributed by atoms with Crippen molar-refractivity contribution < 1.29 is 13.2 Å². The van der Waals surface area contributed by atoms with Crippen molar-refractivity contribution >= 4 is 17.7 Å². The predicted octanol–water partition coefficient (Wildman–Crippen LogP) is 3.51. The zero-order valence-electron chi connectivity index (χ0n) is 13.2. The SMILES string of the molecule is CN=C(NCc1ccc(C(F)(F)F)cc1)NCC(C)(C)SC. The molecule has 1 aromatic rings. The molecular weight excluding hydrogens is 311 g/mol. The van der Waals surface area contributed by atoms with Crippen LogP contribution in [0.1, 0.15) is 25.0 Å². The summed E-state index contributed by atoms with van der Waals surface area (Å²) in [6.07, 6.45) is -2.26. The minimum Gasteiger partial charge on any atom is -0.355 e. The summed E-state index contributed by atoms with van der Waals surface area (Å²) in [5, 5.41) is 6.29. The normalized spacial score (nSPS) is 13.1. The van der Waals surface area contributed by atoms with Crippen LogP contribution in [0.5, 0.6) is 0 Å². The van der Waals surface area contributed by atoms with E-state index in [9.17, 15) is 13.2 Å². The molecule has 3 nitrogen and oxygen atoms in total. The predicted molar refractivity (Wildman–Crippen MR) is 87.2 cm³/mol. The highest BCUT2D eigenvalue weighted by atomic mass is 32.2. The Hall–Kier alpha value is -1.37. The molecule has 22 heavy (non-hydrogen) atoms. The van der Waals surface area contributed by atoms with Gasteiger partial charge in [0.1, 0.15) is 0 Å². The van der Waals surface area contributed by atoms with Gasteiger partial charge in [-0.1, -0.05) is 12.1 Å². The number of aliphatic imine (C=N–C) groups is 1. The zero-order chi connectivity index (χ0) is 16.8. The van der Waals surface area contributed by atoms with Gasteiger partial charge in [-0.2, -0.15) is 24.9 Å². The van der Waals surface area contributed by atoms with Crippen LogP contribution in [0.15, 0.2) is 29.3 Å². The average molecular weight is 333 g/mol. The fourth-order valence-electron chi connectivity index (χ4n) is 1.59. The van der Waals surface area contributed by atoms with Crippen molar-refractivity contribution in [1.29, 1.82) is 0 Å². The number of halogens is 3. The lowest BCUT2D eigenvalue weighted by Gasteiger charge is -2.23. The van der Waals surface area contributed by atoms with Crippen LogP contribution in [-0.4, -0.2) is 30.6 Å². The number of alkyl halides is 3. The standard InChI is InChI=1S/C15H22F3N3S/c1-14(2,22-4)10-21-13(19-3)20-9-11-5-7-12(8-6-11)15(16,17)18/h5-8H,9-10H2,1-4H3,(H2,19,20,21). The number of hydrogen-bond donors (Lipinski definition) is 2. The Morgan fingerprint density at radius 3 is 2.18 bits per heavy atom. The van der Waals surface area contributed by atoms with E-state index in [4.69, 9.17) is 0 Å². The molecule has 1 rings (SSSR count). The van der Waals surface area contributed by atoms with Crippen LogP contribution in [-0.2, 0) is 12.7 Å². The van der Waals surface area contributed by atoms with Gasteiger partial charge in [0.2, 0.25) is 0 Å². The molecule has 124 valence electrons. The minimum absolute atomic E-state index is 0.0754. The Balaban J connectivity index is 2.54. The first kappa shape index (κ1) is 18.7. The molecule has 7 heteroatoms. The van der Waals surface area contributed by atoms with E-state index in [1.807, 2.05) is 6.26 Å². The van der Waals surface area contributed by atoms with Crippen molar-refractivity contribution in [3.63, 3.8) is 0 Å². The van der Waals surface area contributed by atoms with Crippen LogP contribution < -0.4 is 10.6 Å². The van der Waals surface area contributed by atoms with Crippen LogP contribution in [0.4, 0.5) is 13.2 Å². The quantitative estimate of drug-likeness (QED) is 0.639. The third-order valence-electron chi connectivity index (χ3n) is 3.20. The summed E-state index contributed by atoms with van der Waals surface area (Å²) < 4.78 is 37.5. The van der Waals surface area contributed by atoms with Gasteiger partial charge in [-0.25, -0.2) is 0 Å². The lowest BCUT2D eigenvalue weighted by Crippen LogP contribution is -2.42. The molecule has 0 fully saturated rings. The molecule has 2 N–H and O–H groups in total. The Kier molecular flexibility index (Phi) is 6.59. The second-order valence-corrected chi connectivity index (χ2v) is 6.95. The van der Waals surface area contributed by atoms with Gasteiger partial charge in [-0.05, 0) is 37.8 Å². The fraction of sp³-hybridized carbons (Fsp3) is 0.533. The van der Waals surface area contributed by atoms with E-state index in [2.05, 4.69) is 29.5 Å². The maximum absolute atomic E-state index is 12.5. The van der Waals surface area contributed by atoms with Crippen LogP contribution in [0.25, 0.3) is 0 Å². The highest BCUT2D eigenvalue weighted by Crippen LogP contribution is 2.29. The van der Waals surface area contributed by atoms with Crippen molar-refractivity contribution in [1.82, 2.24) is 10.6 Å². The molecule has 0 saturated heterocycles. The fourth-order valence-corrected chi connectivity index (χ4v) is 1.80. The molecule has 0 aliphatic carbocycles. The first-order chi connectivity index (χ1) is 10.2. The maximum Gasteiger partial charge on any atom is 0.416 e. The summed E-state index contributed by atoms with van der Waals surface area (Å²) in [6.45, 7) is 5.39. The Labute approximate surface area is 133 Å². The third-order valence-corrected chi connectivity index (χ3v) is 4.45.